The monoisotopic (exact) mass is 1440 g/mol. The highest BCUT2D eigenvalue weighted by Gasteiger charge is 2.30. The quantitative estimate of drug-likeness (QED) is 0.0169. The number of aliphatic hydroxyl groups is 1. The molecule has 0 aliphatic rings. The molecule has 0 aromatic rings. The van der Waals surface area contributed by atoms with Gasteiger partial charge in [-0.15, -0.1) is 0 Å². The van der Waals surface area contributed by atoms with Crippen LogP contribution in [0.2, 0.25) is 0 Å². The molecule has 100 heavy (non-hydrogen) atoms. The first-order chi connectivity index (χ1) is 48.9. The molecule has 2 unspecified atom stereocenters. The molecule has 0 amide bonds. The Morgan fingerprint density at radius 3 is 0.850 bits per heavy atom. The number of aldehydes is 2. The van der Waals surface area contributed by atoms with E-state index in [4.69, 9.17) is 37.0 Å². The number of carbonyl (C=O) groups excluding carboxylic acids is 4. The van der Waals surface area contributed by atoms with Gasteiger partial charge < -0.3 is 43.4 Å². The van der Waals surface area contributed by atoms with Gasteiger partial charge in [-0.1, -0.05) is 225 Å². The number of phosphoric ester groups is 2. The summed E-state index contributed by atoms with van der Waals surface area (Å²) in [6.45, 7) is 2.20. The van der Waals surface area contributed by atoms with Crippen molar-refractivity contribution in [2.24, 2.45) is 0 Å². The molecule has 0 aromatic heterocycles. The number of hydrogen-bond acceptors (Lipinski definition) is 15. The molecule has 0 bridgehead atoms. The molecule has 0 aromatic carbocycles. The lowest BCUT2D eigenvalue weighted by Crippen LogP contribution is -2.29. The Hall–Kier alpha value is -4.22. The van der Waals surface area contributed by atoms with Crippen molar-refractivity contribution < 1.29 is 80.2 Å². The van der Waals surface area contributed by atoms with E-state index in [1.807, 2.05) is 12.2 Å². The number of carbonyl (C=O) groups is 4. The van der Waals surface area contributed by atoms with E-state index in [1.165, 1.54) is 38.5 Å². The number of aliphatic hydroxyl groups excluding tert-OH is 1. The van der Waals surface area contributed by atoms with Crippen molar-refractivity contribution in [1.29, 1.82) is 0 Å². The minimum atomic E-state index is -4.88. The van der Waals surface area contributed by atoms with Gasteiger partial charge in [0.25, 0.3) is 0 Å². The van der Waals surface area contributed by atoms with Crippen molar-refractivity contribution in [3.05, 3.63) is 122 Å². The topological polar surface area (TPSA) is 237 Å². The average Bonchev–Trinajstić information content (AvgIpc) is 0.994. The Kier molecular flexibility index (Phi) is 72.7. The first kappa shape index (κ1) is 95.8. The van der Waals surface area contributed by atoms with Crippen molar-refractivity contribution in [2.75, 3.05) is 52.9 Å². The Balaban J connectivity index is 5.34. The van der Waals surface area contributed by atoms with Crippen LogP contribution in [0.1, 0.15) is 296 Å². The van der Waals surface area contributed by atoms with Gasteiger partial charge in [0.2, 0.25) is 0 Å². The number of allylic oxidation sites excluding steroid dienone is 20. The summed E-state index contributed by atoms with van der Waals surface area (Å²) in [6, 6.07) is 0. The maximum atomic E-state index is 13.1. The summed E-state index contributed by atoms with van der Waals surface area (Å²) in [4.78, 5) is 68.2. The van der Waals surface area contributed by atoms with Crippen LogP contribution in [-0.4, -0.2) is 111 Å². The van der Waals surface area contributed by atoms with Crippen molar-refractivity contribution in [3.8, 4) is 0 Å². The number of phosphoric acid groups is 2. The smallest absolute Gasteiger partial charge is 0.457 e. The highest BCUT2D eigenvalue weighted by atomic mass is 31.2. The highest BCUT2D eigenvalue weighted by molar-refractivity contribution is 7.47. The maximum absolute atomic E-state index is 13.1. The summed E-state index contributed by atoms with van der Waals surface area (Å²) in [6.07, 6.45) is 83.0. The summed E-state index contributed by atoms with van der Waals surface area (Å²) in [5.74, 6) is -1.05. The minimum absolute atomic E-state index is 0.0985. The van der Waals surface area contributed by atoms with Gasteiger partial charge in [0.15, 0.2) is 0 Å². The fourth-order valence-corrected chi connectivity index (χ4v) is 11.6. The molecule has 0 aliphatic heterocycles. The summed E-state index contributed by atoms with van der Waals surface area (Å²) in [5.41, 5.74) is 0. The van der Waals surface area contributed by atoms with Crippen LogP contribution >= 0.6 is 15.6 Å². The van der Waals surface area contributed by atoms with Crippen LogP contribution in [0, 0.1) is 0 Å². The molecule has 4 atom stereocenters. The van der Waals surface area contributed by atoms with Gasteiger partial charge in [-0.25, -0.2) is 9.13 Å². The van der Waals surface area contributed by atoms with Crippen molar-refractivity contribution >= 4 is 40.2 Å². The second-order valence-electron chi connectivity index (χ2n) is 25.5. The van der Waals surface area contributed by atoms with Crippen LogP contribution < -0.4 is 0 Å². The van der Waals surface area contributed by atoms with Crippen LogP contribution in [-0.2, 0) is 65.4 Å². The molecule has 19 heteroatoms. The van der Waals surface area contributed by atoms with E-state index in [0.29, 0.717) is 51.7 Å². The zero-order valence-electron chi connectivity index (χ0n) is 62.2. The molecule has 0 spiro atoms. The third kappa shape index (κ3) is 75.0. The molecule has 0 heterocycles. The zero-order valence-corrected chi connectivity index (χ0v) is 63.9. The van der Waals surface area contributed by atoms with Crippen molar-refractivity contribution in [3.63, 3.8) is 0 Å². The van der Waals surface area contributed by atoms with E-state index < -0.39 is 72.3 Å². The maximum Gasteiger partial charge on any atom is 0.472 e. The van der Waals surface area contributed by atoms with E-state index in [9.17, 15) is 43.2 Å². The van der Waals surface area contributed by atoms with Gasteiger partial charge in [-0.05, 0) is 167 Å². The average molecular weight is 1450 g/mol. The van der Waals surface area contributed by atoms with Gasteiger partial charge in [-0.2, -0.15) is 0 Å². The SMILES string of the molecule is CCCCC/C=C\C/C=C\C/C=C\C/C=C\CCCC(=O)O[C@H](COCCCCCCC/C=C\CCCCCCC=O)COP(=O)(O)OCC(O)COP(=O)(O)OC[C@@H](COCCCCCCC/C=C\CCCCCCC=O)OC(=O)CCC/C=C\C/C=C\C/C=C\C/C=C\CCCCC. The number of rotatable bonds is 76. The minimum Gasteiger partial charge on any atom is -0.457 e. The number of unbranched alkanes of at least 4 members (excludes halogenated alkanes) is 28. The molecule has 17 nitrogen and oxygen atoms in total. The van der Waals surface area contributed by atoms with E-state index in [2.05, 4.69) is 123 Å². The van der Waals surface area contributed by atoms with Crippen molar-refractivity contribution in [2.45, 2.75) is 315 Å². The van der Waals surface area contributed by atoms with E-state index in [0.717, 1.165) is 205 Å². The van der Waals surface area contributed by atoms with Crippen LogP contribution in [0.5, 0.6) is 0 Å². The third-order valence-electron chi connectivity index (χ3n) is 15.9. The molecule has 0 radical (unpaired) electrons. The lowest BCUT2D eigenvalue weighted by atomic mass is 10.1. The zero-order chi connectivity index (χ0) is 72.9. The van der Waals surface area contributed by atoms with E-state index in [1.54, 1.807) is 0 Å². The van der Waals surface area contributed by atoms with Crippen LogP contribution in [0.4, 0.5) is 0 Å². The van der Waals surface area contributed by atoms with E-state index in [-0.39, 0.29) is 26.1 Å². The third-order valence-corrected chi connectivity index (χ3v) is 17.8. The first-order valence-electron chi connectivity index (χ1n) is 38.7. The first-order valence-corrected chi connectivity index (χ1v) is 41.7. The Labute approximate surface area is 606 Å². The van der Waals surface area contributed by atoms with Crippen molar-refractivity contribution in [1.82, 2.24) is 0 Å². The van der Waals surface area contributed by atoms with Gasteiger partial charge in [-0.3, -0.25) is 27.7 Å². The van der Waals surface area contributed by atoms with Crippen LogP contribution in [0.3, 0.4) is 0 Å². The lowest BCUT2D eigenvalue weighted by molar-refractivity contribution is -0.155. The largest absolute Gasteiger partial charge is 0.472 e. The Morgan fingerprint density at radius 1 is 0.310 bits per heavy atom. The van der Waals surface area contributed by atoms with Gasteiger partial charge in [0, 0.05) is 38.9 Å². The second kappa shape index (κ2) is 75.9. The van der Waals surface area contributed by atoms with E-state index >= 15 is 0 Å². The van der Waals surface area contributed by atoms with Crippen LogP contribution in [0.15, 0.2) is 122 Å². The van der Waals surface area contributed by atoms with Gasteiger partial charge >= 0.3 is 27.6 Å². The molecule has 0 fully saturated rings. The molecule has 3 N–H and O–H groups in total. The Bertz CT molecular complexity index is 2150. The number of ether oxygens (including phenoxy) is 4. The molecule has 0 rings (SSSR count). The summed E-state index contributed by atoms with van der Waals surface area (Å²) >= 11 is 0. The summed E-state index contributed by atoms with van der Waals surface area (Å²) in [7, 11) is -9.77. The van der Waals surface area contributed by atoms with Gasteiger partial charge in [0.05, 0.1) is 39.6 Å². The molecule has 0 saturated carbocycles. The highest BCUT2D eigenvalue weighted by Crippen LogP contribution is 2.45. The number of hydrogen-bond donors (Lipinski definition) is 3. The molecular formula is C81H138O17P2. The molecule has 0 saturated heterocycles. The lowest BCUT2D eigenvalue weighted by Gasteiger charge is -2.21. The predicted octanol–water partition coefficient (Wildman–Crippen LogP) is 21.6. The van der Waals surface area contributed by atoms with Gasteiger partial charge in [0.1, 0.15) is 30.9 Å². The molecular weight excluding hydrogens is 1310 g/mol. The second-order valence-corrected chi connectivity index (χ2v) is 28.4. The Morgan fingerprint density at radius 2 is 0.550 bits per heavy atom. The fourth-order valence-electron chi connectivity index (χ4n) is 9.99. The summed E-state index contributed by atoms with van der Waals surface area (Å²) in [5, 5.41) is 10.6. The molecule has 0 aliphatic carbocycles. The number of esters is 2. The standard InChI is InChI=1S/C81H138O17P2/c1-3-5-7-9-11-13-15-17-19-21-23-29-35-41-47-53-59-65-80(85)97-78(73-91-69-63-57-51-45-39-33-27-25-31-37-43-49-55-61-67-82)75-95-99(87,88)93-71-77(84)72-94-100(89,90)96-76-79(74-92-70-64-58-52-46-40-34-28-26-32-38-44-50-56-62-68-83)98-81(86)66-60-54-48-42-36-30-24-22-20-18-16-14-12-10-8-6-4-2/h11-14,17-20,23-30,41-42,47-48,67-68,77-79,84H,3-10,15-16,21-22,31-40,43-46,49-66,69-76H2,1-2H3,(H,87,88)(H,89,90)/b13-11-,14-12-,19-17-,20-18-,27-25-,28-26-,29-23-,30-24-,47-41-,48-42-/t78-,79-/m1/s1. The summed E-state index contributed by atoms with van der Waals surface area (Å²) < 4.78 is 69.7. The normalized spacial score (nSPS) is 14.7. The fraction of sp³-hybridized carbons (Fsp3) is 0.704. The van der Waals surface area contributed by atoms with Crippen LogP contribution in [0.25, 0.3) is 0 Å². The predicted molar refractivity (Wildman–Crippen MR) is 409 cm³/mol. The molecule has 574 valence electrons.